The third-order valence-electron chi connectivity index (χ3n) is 1.86. The van der Waals surface area contributed by atoms with Crippen molar-refractivity contribution in [2.75, 3.05) is 0 Å². The Labute approximate surface area is 89.4 Å². The van der Waals surface area contributed by atoms with Crippen molar-refractivity contribution in [2.45, 2.75) is 0 Å². The van der Waals surface area contributed by atoms with Crippen LogP contribution in [0.3, 0.4) is 0 Å². The molecule has 0 atom stereocenters. The van der Waals surface area contributed by atoms with Crippen LogP contribution < -0.4 is 0 Å². The number of aromatic amines is 1. The molecule has 0 bridgehead atoms. The summed E-state index contributed by atoms with van der Waals surface area (Å²) in [6.07, 6.45) is 5.44. The van der Waals surface area contributed by atoms with Crippen LogP contribution in [0.1, 0.15) is 5.56 Å². The molecule has 2 aromatic rings. The summed E-state index contributed by atoms with van der Waals surface area (Å²) in [5, 5.41) is 9.41. The second kappa shape index (κ2) is 3.70. The normalized spacial score (nSPS) is 11.3. The Morgan fingerprint density at radius 2 is 2.33 bits per heavy atom. The van der Waals surface area contributed by atoms with Gasteiger partial charge >= 0.3 is 5.97 Å². The van der Waals surface area contributed by atoms with E-state index in [4.69, 9.17) is 16.7 Å². The molecule has 0 spiro atoms. The van der Waals surface area contributed by atoms with Gasteiger partial charge in [0.1, 0.15) is 17.1 Å². The summed E-state index contributed by atoms with van der Waals surface area (Å²) in [6, 6.07) is 0. The minimum Gasteiger partial charge on any atom is -0.478 e. The number of aromatic nitrogens is 3. The maximum absolute atomic E-state index is 10.4. The molecule has 0 fully saturated rings. The number of rotatable bonds is 2. The Bertz CT molecular complexity index is 547. The number of hydrogen-bond acceptors (Lipinski definition) is 3. The van der Waals surface area contributed by atoms with Gasteiger partial charge in [0.15, 0.2) is 0 Å². The number of nitrogens with zero attached hydrogens (tertiary/aromatic N) is 2. The van der Waals surface area contributed by atoms with Gasteiger partial charge in [0.2, 0.25) is 0 Å². The molecule has 2 heterocycles. The van der Waals surface area contributed by atoms with Crippen molar-refractivity contribution in [1.29, 1.82) is 0 Å². The maximum atomic E-state index is 10.4. The van der Waals surface area contributed by atoms with E-state index in [9.17, 15) is 4.79 Å². The van der Waals surface area contributed by atoms with Crippen molar-refractivity contribution in [3.05, 3.63) is 29.3 Å². The Balaban J connectivity index is 2.57. The summed E-state index contributed by atoms with van der Waals surface area (Å²) in [5.41, 5.74) is 1.23. The molecule has 0 saturated carbocycles. The summed E-state index contributed by atoms with van der Waals surface area (Å²) >= 11 is 5.87. The smallest absolute Gasteiger partial charge is 0.328 e. The van der Waals surface area contributed by atoms with Crippen molar-refractivity contribution >= 4 is 34.7 Å². The van der Waals surface area contributed by atoms with Crippen molar-refractivity contribution < 1.29 is 9.90 Å². The van der Waals surface area contributed by atoms with Crippen LogP contribution in [0.15, 0.2) is 18.6 Å². The first-order valence-corrected chi connectivity index (χ1v) is 4.45. The first kappa shape index (κ1) is 9.67. The van der Waals surface area contributed by atoms with Crippen molar-refractivity contribution in [1.82, 2.24) is 15.0 Å². The van der Waals surface area contributed by atoms with Gasteiger partial charge in [-0.15, -0.1) is 0 Å². The molecule has 0 aliphatic carbocycles. The van der Waals surface area contributed by atoms with Crippen LogP contribution in [0.25, 0.3) is 17.1 Å². The van der Waals surface area contributed by atoms with Crippen LogP contribution >= 0.6 is 11.6 Å². The molecule has 0 aliphatic heterocycles. The van der Waals surface area contributed by atoms with Crippen molar-refractivity contribution in [3.63, 3.8) is 0 Å². The third-order valence-corrected chi connectivity index (χ3v) is 2.15. The van der Waals surface area contributed by atoms with Crippen molar-refractivity contribution in [2.24, 2.45) is 0 Å². The van der Waals surface area contributed by atoms with Crippen molar-refractivity contribution in [3.8, 4) is 0 Å². The highest BCUT2D eigenvalue weighted by Gasteiger charge is 2.07. The van der Waals surface area contributed by atoms with E-state index in [2.05, 4.69) is 15.0 Å². The van der Waals surface area contributed by atoms with Crippen LogP contribution in [0, 0.1) is 0 Å². The predicted molar refractivity (Wildman–Crippen MR) is 55.6 cm³/mol. The molecule has 2 N–H and O–H groups in total. The lowest BCUT2D eigenvalue weighted by atomic mass is 10.2. The quantitative estimate of drug-likeness (QED) is 0.600. The number of hydrogen-bond donors (Lipinski definition) is 2. The highest BCUT2D eigenvalue weighted by molar-refractivity contribution is 6.34. The van der Waals surface area contributed by atoms with E-state index in [0.29, 0.717) is 21.7 Å². The molecule has 0 radical (unpaired) electrons. The van der Waals surface area contributed by atoms with Gasteiger partial charge in [0.25, 0.3) is 0 Å². The molecule has 2 aromatic heterocycles. The summed E-state index contributed by atoms with van der Waals surface area (Å²) in [7, 11) is 0. The van der Waals surface area contributed by atoms with Crippen LogP contribution in [-0.4, -0.2) is 26.0 Å². The lowest BCUT2D eigenvalue weighted by Crippen LogP contribution is -1.86. The Kier molecular flexibility index (Phi) is 2.39. The average molecular weight is 224 g/mol. The zero-order valence-electron chi connectivity index (χ0n) is 7.44. The summed E-state index contributed by atoms with van der Waals surface area (Å²) < 4.78 is 0. The molecule has 0 saturated heterocycles. The first-order valence-electron chi connectivity index (χ1n) is 4.07. The number of halogens is 1. The molecule has 0 aliphatic rings. The topological polar surface area (TPSA) is 78.9 Å². The first-order chi connectivity index (χ1) is 7.18. The molecule has 5 nitrogen and oxygen atoms in total. The molecule has 0 unspecified atom stereocenters. The maximum Gasteiger partial charge on any atom is 0.328 e. The highest BCUT2D eigenvalue weighted by Crippen LogP contribution is 2.23. The van der Waals surface area contributed by atoms with Gasteiger partial charge in [-0.2, -0.15) is 0 Å². The van der Waals surface area contributed by atoms with Gasteiger partial charge in [0, 0.05) is 17.8 Å². The molecule has 6 heteroatoms. The van der Waals surface area contributed by atoms with Gasteiger partial charge in [-0.25, -0.2) is 14.8 Å². The number of H-pyrrole nitrogens is 1. The average Bonchev–Trinajstić information content (AvgIpc) is 2.59. The number of carbonyl (C=O) groups is 1. The van der Waals surface area contributed by atoms with E-state index in [1.807, 2.05) is 0 Å². The lowest BCUT2D eigenvalue weighted by molar-refractivity contribution is -0.131. The minimum atomic E-state index is -1.02. The third kappa shape index (κ3) is 1.82. The molecule has 2 rings (SSSR count). The van der Waals surface area contributed by atoms with E-state index < -0.39 is 5.97 Å². The fourth-order valence-electron chi connectivity index (χ4n) is 1.24. The van der Waals surface area contributed by atoms with E-state index in [-0.39, 0.29) is 0 Å². The molecule has 0 aromatic carbocycles. The van der Waals surface area contributed by atoms with Crippen LogP contribution in [0.2, 0.25) is 5.15 Å². The Hall–Kier alpha value is -1.88. The van der Waals surface area contributed by atoms with Gasteiger partial charge in [-0.1, -0.05) is 11.6 Å². The van der Waals surface area contributed by atoms with Gasteiger partial charge < -0.3 is 10.1 Å². The lowest BCUT2D eigenvalue weighted by Gasteiger charge is -1.92. The predicted octanol–water partition coefficient (Wildman–Crippen LogP) is 1.71. The summed E-state index contributed by atoms with van der Waals surface area (Å²) in [4.78, 5) is 21.0. The number of fused-ring (bicyclic) bond motifs is 1. The molecule has 15 heavy (non-hydrogen) atoms. The van der Waals surface area contributed by atoms with E-state index in [1.165, 1.54) is 12.4 Å². The standard InChI is InChI=1S/C9H6ClN3O2/c10-8-7-5(1-2-6(14)15)3-11-9(7)13-4-12-8/h1-4H,(H,14,15)(H,11,12,13)/b2-1+. The second-order valence-corrected chi connectivity index (χ2v) is 3.16. The highest BCUT2D eigenvalue weighted by atomic mass is 35.5. The number of carboxylic acids is 1. The monoisotopic (exact) mass is 223 g/mol. The van der Waals surface area contributed by atoms with E-state index >= 15 is 0 Å². The van der Waals surface area contributed by atoms with E-state index in [1.54, 1.807) is 6.20 Å². The van der Waals surface area contributed by atoms with Crippen LogP contribution in [0.5, 0.6) is 0 Å². The summed E-state index contributed by atoms with van der Waals surface area (Å²) in [5.74, 6) is -1.02. The number of nitrogens with one attached hydrogen (secondary N) is 1. The van der Waals surface area contributed by atoms with E-state index in [0.717, 1.165) is 6.08 Å². The molecule has 76 valence electrons. The summed E-state index contributed by atoms with van der Waals surface area (Å²) in [6.45, 7) is 0. The Morgan fingerprint density at radius 3 is 3.07 bits per heavy atom. The van der Waals surface area contributed by atoms with Gasteiger partial charge in [0.05, 0.1) is 5.39 Å². The largest absolute Gasteiger partial charge is 0.478 e. The fraction of sp³-hybridized carbons (Fsp3) is 0. The number of carboxylic acid groups (broad SMARTS) is 1. The second-order valence-electron chi connectivity index (χ2n) is 2.80. The Morgan fingerprint density at radius 1 is 1.53 bits per heavy atom. The number of aliphatic carboxylic acids is 1. The zero-order valence-corrected chi connectivity index (χ0v) is 8.19. The zero-order chi connectivity index (χ0) is 10.8. The van der Waals surface area contributed by atoms with Crippen LogP contribution in [0.4, 0.5) is 0 Å². The molecule has 0 amide bonds. The molecular weight excluding hydrogens is 218 g/mol. The molecular formula is C9H6ClN3O2. The van der Waals surface area contributed by atoms with Gasteiger partial charge in [-0.3, -0.25) is 0 Å². The fourth-order valence-corrected chi connectivity index (χ4v) is 1.48. The van der Waals surface area contributed by atoms with Gasteiger partial charge in [-0.05, 0) is 6.08 Å². The minimum absolute atomic E-state index is 0.297. The SMILES string of the molecule is O=C(O)/C=C/c1c[nH]c2ncnc(Cl)c12. The van der Waals surface area contributed by atoms with Crippen LogP contribution in [-0.2, 0) is 4.79 Å².